The Hall–Kier alpha value is -2.47. The van der Waals surface area contributed by atoms with Gasteiger partial charge in [-0.25, -0.2) is 16.8 Å². The average molecular weight is 482 g/mol. The van der Waals surface area contributed by atoms with Gasteiger partial charge >= 0.3 is 0 Å². The molecule has 2 aromatic rings. The molecule has 2 aromatic carbocycles. The van der Waals surface area contributed by atoms with E-state index in [4.69, 9.17) is 4.74 Å². The summed E-state index contributed by atoms with van der Waals surface area (Å²) in [6, 6.07) is 11.2. The number of morpholine rings is 1. The zero-order chi connectivity index (χ0) is 23.4. The molecule has 1 aliphatic heterocycles. The van der Waals surface area contributed by atoms with Crippen molar-refractivity contribution in [3.63, 3.8) is 0 Å². The van der Waals surface area contributed by atoms with Crippen LogP contribution in [0.5, 0.6) is 0 Å². The van der Waals surface area contributed by atoms with Crippen LogP contribution < -0.4 is 10.0 Å². The van der Waals surface area contributed by atoms with Crippen LogP contribution >= 0.6 is 0 Å². The molecule has 0 aliphatic carbocycles. The highest BCUT2D eigenvalue weighted by Crippen LogP contribution is 2.21. The highest BCUT2D eigenvalue weighted by molar-refractivity contribution is 7.92. The summed E-state index contributed by atoms with van der Waals surface area (Å²) in [5.41, 5.74) is 1.88. The summed E-state index contributed by atoms with van der Waals surface area (Å²) in [5, 5.41) is 2.58. The van der Waals surface area contributed by atoms with Crippen LogP contribution in [-0.2, 0) is 24.8 Å². The smallest absolute Gasteiger partial charge is 0.262 e. The van der Waals surface area contributed by atoms with E-state index in [1.807, 2.05) is 13.0 Å². The molecule has 9 nitrogen and oxygen atoms in total. The Labute approximate surface area is 188 Å². The molecule has 11 heteroatoms. The van der Waals surface area contributed by atoms with Crippen LogP contribution in [-0.4, -0.2) is 65.6 Å². The third-order valence-corrected chi connectivity index (χ3v) is 8.41. The largest absolute Gasteiger partial charge is 0.379 e. The predicted octanol–water partition coefficient (Wildman–Crippen LogP) is 1.50. The SMILES string of the molecule is Cc1ccc(C)c(S(=O)(=O)Nc2cccc(C(=O)NCCS(=O)(=O)N3CCOCC3)c2)c1. The Bertz CT molecular complexity index is 1190. The predicted molar refractivity (Wildman–Crippen MR) is 122 cm³/mol. The van der Waals surface area contributed by atoms with Crippen molar-refractivity contribution in [1.29, 1.82) is 0 Å². The molecule has 0 atom stereocenters. The minimum atomic E-state index is -3.83. The molecule has 0 aromatic heterocycles. The number of benzene rings is 2. The van der Waals surface area contributed by atoms with E-state index in [9.17, 15) is 21.6 Å². The highest BCUT2D eigenvalue weighted by atomic mass is 32.2. The van der Waals surface area contributed by atoms with Crippen LogP contribution in [0.4, 0.5) is 5.69 Å². The minimum Gasteiger partial charge on any atom is -0.379 e. The molecule has 1 amide bonds. The molecular weight excluding hydrogens is 454 g/mol. The molecule has 0 unspecified atom stereocenters. The monoisotopic (exact) mass is 481 g/mol. The maximum absolute atomic E-state index is 12.8. The first kappa shape index (κ1) is 24.2. The van der Waals surface area contributed by atoms with Crippen LogP contribution in [0.2, 0.25) is 0 Å². The molecule has 0 spiro atoms. The lowest BCUT2D eigenvalue weighted by Crippen LogP contribution is -2.43. The van der Waals surface area contributed by atoms with Gasteiger partial charge < -0.3 is 10.1 Å². The lowest BCUT2D eigenvalue weighted by Gasteiger charge is -2.26. The Morgan fingerprint density at radius 1 is 1.03 bits per heavy atom. The second-order valence-corrected chi connectivity index (χ2v) is 11.3. The fraction of sp³-hybridized carbons (Fsp3) is 0.381. The maximum Gasteiger partial charge on any atom is 0.262 e. The van der Waals surface area contributed by atoms with E-state index < -0.39 is 26.0 Å². The maximum atomic E-state index is 12.8. The third kappa shape index (κ3) is 6.06. The van der Waals surface area contributed by atoms with Gasteiger partial charge in [-0.05, 0) is 49.2 Å². The van der Waals surface area contributed by atoms with Crippen LogP contribution in [0.15, 0.2) is 47.4 Å². The van der Waals surface area contributed by atoms with Gasteiger partial charge in [0, 0.05) is 30.9 Å². The summed E-state index contributed by atoms with van der Waals surface area (Å²) in [6.07, 6.45) is 0. The number of anilines is 1. The van der Waals surface area contributed by atoms with Crippen molar-refractivity contribution in [2.24, 2.45) is 0 Å². The number of nitrogens with one attached hydrogen (secondary N) is 2. The first-order valence-corrected chi connectivity index (χ1v) is 13.2. The van der Waals surface area contributed by atoms with Gasteiger partial charge in [0.15, 0.2) is 0 Å². The number of sulfonamides is 2. The zero-order valence-corrected chi connectivity index (χ0v) is 19.6. The van der Waals surface area contributed by atoms with E-state index >= 15 is 0 Å². The van der Waals surface area contributed by atoms with Crippen molar-refractivity contribution >= 4 is 31.6 Å². The Kier molecular flexibility index (Phi) is 7.55. The van der Waals surface area contributed by atoms with Gasteiger partial charge in [-0.1, -0.05) is 18.2 Å². The minimum absolute atomic E-state index is 0.0586. The topological polar surface area (TPSA) is 122 Å². The quantitative estimate of drug-likeness (QED) is 0.589. The first-order valence-electron chi connectivity index (χ1n) is 10.1. The molecule has 32 heavy (non-hydrogen) atoms. The zero-order valence-electron chi connectivity index (χ0n) is 18.0. The highest BCUT2D eigenvalue weighted by Gasteiger charge is 2.24. The van der Waals surface area contributed by atoms with E-state index in [1.165, 1.54) is 16.4 Å². The fourth-order valence-corrected chi connectivity index (χ4v) is 5.98. The Morgan fingerprint density at radius 2 is 1.75 bits per heavy atom. The first-order chi connectivity index (χ1) is 15.1. The summed E-state index contributed by atoms with van der Waals surface area (Å²) in [6.45, 7) is 4.78. The second kappa shape index (κ2) is 9.99. The van der Waals surface area contributed by atoms with Gasteiger partial charge in [-0.3, -0.25) is 9.52 Å². The number of carbonyl (C=O) groups is 1. The number of ether oxygens (including phenoxy) is 1. The van der Waals surface area contributed by atoms with E-state index in [1.54, 1.807) is 31.2 Å². The van der Waals surface area contributed by atoms with Gasteiger partial charge in [0.25, 0.3) is 15.9 Å². The molecule has 2 N–H and O–H groups in total. The van der Waals surface area contributed by atoms with Gasteiger partial charge in [0.05, 0.1) is 23.9 Å². The molecule has 1 saturated heterocycles. The van der Waals surface area contributed by atoms with Gasteiger partial charge in [-0.2, -0.15) is 4.31 Å². The molecule has 0 saturated carbocycles. The summed E-state index contributed by atoms with van der Waals surface area (Å²) < 4.78 is 59.3. The molecule has 174 valence electrons. The van der Waals surface area contributed by atoms with Gasteiger partial charge in [-0.15, -0.1) is 0 Å². The third-order valence-electron chi connectivity index (χ3n) is 5.02. The summed E-state index contributed by atoms with van der Waals surface area (Å²) >= 11 is 0. The molecule has 0 radical (unpaired) electrons. The van der Waals surface area contributed by atoms with Crippen molar-refractivity contribution in [3.05, 3.63) is 59.2 Å². The molecule has 3 rings (SSSR count). The average Bonchev–Trinajstić information content (AvgIpc) is 2.75. The summed E-state index contributed by atoms with van der Waals surface area (Å²) in [5.74, 6) is -0.715. The molecule has 0 bridgehead atoms. The van der Waals surface area contributed by atoms with Gasteiger partial charge in [0.2, 0.25) is 10.0 Å². The summed E-state index contributed by atoms with van der Waals surface area (Å²) in [7, 11) is -7.32. The van der Waals surface area contributed by atoms with Crippen molar-refractivity contribution < 1.29 is 26.4 Å². The number of nitrogens with zero attached hydrogens (tertiary/aromatic N) is 1. The number of carbonyl (C=O) groups excluding carboxylic acids is 1. The second-order valence-electron chi connectivity index (χ2n) is 7.54. The van der Waals surface area contributed by atoms with Crippen molar-refractivity contribution in [2.75, 3.05) is 43.3 Å². The van der Waals surface area contributed by atoms with E-state index in [0.717, 1.165) is 5.56 Å². The fourth-order valence-electron chi connectivity index (χ4n) is 3.28. The van der Waals surface area contributed by atoms with E-state index in [-0.39, 0.29) is 28.4 Å². The van der Waals surface area contributed by atoms with Gasteiger partial charge in [0.1, 0.15) is 0 Å². The number of amides is 1. The van der Waals surface area contributed by atoms with Crippen LogP contribution in [0, 0.1) is 13.8 Å². The van der Waals surface area contributed by atoms with Crippen molar-refractivity contribution in [3.8, 4) is 0 Å². The molecule has 1 aliphatic rings. The number of hydrogen-bond donors (Lipinski definition) is 2. The Balaban J connectivity index is 1.64. The van der Waals surface area contributed by atoms with Crippen LogP contribution in [0.25, 0.3) is 0 Å². The van der Waals surface area contributed by atoms with Crippen LogP contribution in [0.3, 0.4) is 0 Å². The lowest BCUT2D eigenvalue weighted by molar-refractivity contribution is 0.0730. The van der Waals surface area contributed by atoms with Crippen molar-refractivity contribution in [2.45, 2.75) is 18.7 Å². The molecule has 1 heterocycles. The lowest BCUT2D eigenvalue weighted by atomic mass is 10.2. The summed E-state index contributed by atoms with van der Waals surface area (Å²) in [4.78, 5) is 12.6. The number of aryl methyl sites for hydroxylation is 2. The normalized spacial score (nSPS) is 15.3. The van der Waals surface area contributed by atoms with Crippen LogP contribution in [0.1, 0.15) is 21.5 Å². The molecular formula is C21H27N3O6S2. The van der Waals surface area contributed by atoms with E-state index in [2.05, 4.69) is 10.0 Å². The standard InChI is InChI=1S/C21H27N3O6S2/c1-16-6-7-17(2)20(14-16)32(28,29)23-19-5-3-4-18(15-19)21(25)22-8-13-31(26,27)24-9-11-30-12-10-24/h3-7,14-15,23H,8-13H2,1-2H3,(H,22,25). The van der Waals surface area contributed by atoms with E-state index in [0.29, 0.717) is 31.9 Å². The van der Waals surface area contributed by atoms with Crippen molar-refractivity contribution in [1.82, 2.24) is 9.62 Å². The number of rotatable bonds is 8. The number of hydrogen-bond acceptors (Lipinski definition) is 6. The Morgan fingerprint density at radius 3 is 2.47 bits per heavy atom. The molecule has 1 fully saturated rings.